The van der Waals surface area contributed by atoms with E-state index in [0.29, 0.717) is 0 Å². The van der Waals surface area contributed by atoms with E-state index >= 15 is 0 Å². The second kappa shape index (κ2) is 5.96. The molecular weight excluding hydrogens is 140 g/mol. The Hall–Kier alpha value is -0.790. The SMILES string of the molecule is C=CCCCC[C@H](C)C(=O)O. The molecule has 0 rings (SSSR count). The van der Waals surface area contributed by atoms with Crippen LogP contribution < -0.4 is 0 Å². The fraction of sp³-hybridized carbons (Fsp3) is 0.667. The molecule has 0 fully saturated rings. The van der Waals surface area contributed by atoms with Crippen LogP contribution in [0.2, 0.25) is 0 Å². The van der Waals surface area contributed by atoms with Gasteiger partial charge in [-0.1, -0.05) is 19.4 Å². The van der Waals surface area contributed by atoms with Gasteiger partial charge in [-0.2, -0.15) is 0 Å². The van der Waals surface area contributed by atoms with Crippen molar-refractivity contribution in [1.82, 2.24) is 0 Å². The molecule has 0 aromatic rings. The van der Waals surface area contributed by atoms with Gasteiger partial charge in [0.15, 0.2) is 0 Å². The van der Waals surface area contributed by atoms with Gasteiger partial charge in [0.25, 0.3) is 0 Å². The number of allylic oxidation sites excluding steroid dienone is 1. The minimum absolute atomic E-state index is 0.195. The minimum atomic E-state index is -0.691. The summed E-state index contributed by atoms with van der Waals surface area (Å²) in [5.41, 5.74) is 0. The van der Waals surface area contributed by atoms with Crippen LogP contribution in [-0.4, -0.2) is 11.1 Å². The largest absolute Gasteiger partial charge is 0.481 e. The molecule has 2 heteroatoms. The second-order valence-corrected chi connectivity index (χ2v) is 2.81. The molecule has 0 saturated carbocycles. The lowest BCUT2D eigenvalue weighted by Gasteiger charge is -2.03. The third-order valence-corrected chi connectivity index (χ3v) is 1.72. The van der Waals surface area contributed by atoms with E-state index in [1.807, 2.05) is 6.08 Å². The average Bonchev–Trinajstić information content (AvgIpc) is 1.97. The highest BCUT2D eigenvalue weighted by atomic mass is 16.4. The lowest BCUT2D eigenvalue weighted by molar-refractivity contribution is -0.141. The number of carbonyl (C=O) groups is 1. The van der Waals surface area contributed by atoms with Crippen LogP contribution in [0.4, 0.5) is 0 Å². The van der Waals surface area contributed by atoms with E-state index in [9.17, 15) is 4.79 Å². The van der Waals surface area contributed by atoms with Gasteiger partial charge in [-0.25, -0.2) is 0 Å². The number of rotatable bonds is 6. The number of hydrogen-bond donors (Lipinski definition) is 1. The first-order valence-corrected chi connectivity index (χ1v) is 4.02. The Kier molecular flexibility index (Phi) is 5.53. The summed E-state index contributed by atoms with van der Waals surface area (Å²) in [4.78, 5) is 10.3. The zero-order chi connectivity index (χ0) is 8.69. The summed E-state index contributed by atoms with van der Waals surface area (Å²) >= 11 is 0. The van der Waals surface area contributed by atoms with Crippen molar-refractivity contribution >= 4 is 5.97 Å². The van der Waals surface area contributed by atoms with Crippen molar-refractivity contribution in [2.75, 3.05) is 0 Å². The van der Waals surface area contributed by atoms with Crippen molar-refractivity contribution in [3.8, 4) is 0 Å². The third kappa shape index (κ3) is 5.64. The summed E-state index contributed by atoms with van der Waals surface area (Å²) < 4.78 is 0. The molecule has 0 amide bonds. The summed E-state index contributed by atoms with van der Waals surface area (Å²) in [6.45, 7) is 5.34. The van der Waals surface area contributed by atoms with Crippen LogP contribution in [0.1, 0.15) is 32.6 Å². The highest BCUT2D eigenvalue weighted by Gasteiger charge is 2.08. The lowest BCUT2D eigenvalue weighted by Crippen LogP contribution is -2.08. The fourth-order valence-electron chi connectivity index (χ4n) is 0.863. The van der Waals surface area contributed by atoms with Crippen molar-refractivity contribution in [3.05, 3.63) is 12.7 Å². The topological polar surface area (TPSA) is 37.3 Å². The molecular formula is C9H16O2. The van der Waals surface area contributed by atoms with Gasteiger partial charge < -0.3 is 5.11 Å². The molecule has 0 radical (unpaired) electrons. The van der Waals surface area contributed by atoms with E-state index < -0.39 is 5.97 Å². The Morgan fingerprint density at radius 1 is 1.64 bits per heavy atom. The first-order chi connectivity index (χ1) is 5.18. The number of carboxylic acids is 1. The molecule has 0 aliphatic carbocycles. The van der Waals surface area contributed by atoms with Crippen LogP contribution in [0.5, 0.6) is 0 Å². The van der Waals surface area contributed by atoms with Gasteiger partial charge in [-0.3, -0.25) is 4.79 Å². The summed E-state index contributed by atoms with van der Waals surface area (Å²) in [7, 11) is 0. The van der Waals surface area contributed by atoms with Crippen LogP contribution in [0, 0.1) is 5.92 Å². The Bertz CT molecular complexity index is 130. The van der Waals surface area contributed by atoms with E-state index in [4.69, 9.17) is 5.11 Å². The molecule has 0 heterocycles. The molecule has 0 aromatic carbocycles. The summed E-state index contributed by atoms with van der Waals surface area (Å²) in [6.07, 6.45) is 5.68. The molecule has 0 bridgehead atoms. The molecule has 0 aliphatic rings. The van der Waals surface area contributed by atoms with Gasteiger partial charge in [-0.15, -0.1) is 6.58 Å². The van der Waals surface area contributed by atoms with Crippen LogP contribution in [-0.2, 0) is 4.79 Å². The van der Waals surface area contributed by atoms with Gasteiger partial charge >= 0.3 is 5.97 Å². The van der Waals surface area contributed by atoms with Gasteiger partial charge in [0.1, 0.15) is 0 Å². The van der Waals surface area contributed by atoms with E-state index in [0.717, 1.165) is 25.7 Å². The maximum absolute atomic E-state index is 10.3. The smallest absolute Gasteiger partial charge is 0.306 e. The van der Waals surface area contributed by atoms with Crippen molar-refractivity contribution < 1.29 is 9.90 Å². The predicted octanol–water partition coefficient (Wildman–Crippen LogP) is 2.45. The van der Waals surface area contributed by atoms with Gasteiger partial charge in [0.2, 0.25) is 0 Å². The molecule has 0 aromatic heterocycles. The highest BCUT2D eigenvalue weighted by Crippen LogP contribution is 2.09. The maximum atomic E-state index is 10.3. The standard InChI is InChI=1S/C9H16O2/c1-3-4-5-6-7-8(2)9(10)11/h3,8H,1,4-7H2,2H3,(H,10,11)/t8-/m0/s1. The predicted molar refractivity (Wildman–Crippen MR) is 45.5 cm³/mol. The van der Waals surface area contributed by atoms with E-state index in [1.165, 1.54) is 0 Å². The van der Waals surface area contributed by atoms with Crippen LogP contribution >= 0.6 is 0 Å². The van der Waals surface area contributed by atoms with E-state index in [-0.39, 0.29) is 5.92 Å². The Morgan fingerprint density at radius 2 is 2.27 bits per heavy atom. The fourth-order valence-corrected chi connectivity index (χ4v) is 0.863. The zero-order valence-corrected chi connectivity index (χ0v) is 7.05. The monoisotopic (exact) mass is 156 g/mol. The number of carboxylic acid groups (broad SMARTS) is 1. The highest BCUT2D eigenvalue weighted by molar-refractivity contribution is 5.69. The van der Waals surface area contributed by atoms with Crippen LogP contribution in [0.25, 0.3) is 0 Å². The van der Waals surface area contributed by atoms with Crippen molar-refractivity contribution in [2.24, 2.45) is 5.92 Å². The molecule has 64 valence electrons. The number of unbranched alkanes of at least 4 members (excludes halogenated alkanes) is 2. The molecule has 11 heavy (non-hydrogen) atoms. The van der Waals surface area contributed by atoms with Gasteiger partial charge in [0, 0.05) is 0 Å². The Labute approximate surface area is 67.9 Å². The number of hydrogen-bond acceptors (Lipinski definition) is 1. The Balaban J connectivity index is 3.24. The maximum Gasteiger partial charge on any atom is 0.306 e. The molecule has 1 N–H and O–H groups in total. The van der Waals surface area contributed by atoms with E-state index in [2.05, 4.69) is 6.58 Å². The Morgan fingerprint density at radius 3 is 2.73 bits per heavy atom. The van der Waals surface area contributed by atoms with Gasteiger partial charge in [-0.05, 0) is 19.3 Å². The molecule has 0 spiro atoms. The lowest BCUT2D eigenvalue weighted by atomic mass is 10.0. The molecule has 1 atom stereocenters. The molecule has 0 aliphatic heterocycles. The third-order valence-electron chi connectivity index (χ3n) is 1.72. The van der Waals surface area contributed by atoms with Crippen molar-refractivity contribution in [1.29, 1.82) is 0 Å². The van der Waals surface area contributed by atoms with Gasteiger partial charge in [0.05, 0.1) is 5.92 Å². The zero-order valence-electron chi connectivity index (χ0n) is 7.05. The summed E-state index contributed by atoms with van der Waals surface area (Å²) in [5, 5.41) is 8.52. The first kappa shape index (κ1) is 10.2. The van der Waals surface area contributed by atoms with E-state index in [1.54, 1.807) is 6.92 Å². The molecule has 0 unspecified atom stereocenters. The second-order valence-electron chi connectivity index (χ2n) is 2.81. The van der Waals surface area contributed by atoms with Crippen LogP contribution in [0.3, 0.4) is 0 Å². The summed E-state index contributed by atoms with van der Waals surface area (Å²) in [5.74, 6) is -0.886. The number of aliphatic carboxylic acids is 1. The minimum Gasteiger partial charge on any atom is -0.481 e. The van der Waals surface area contributed by atoms with Crippen LogP contribution in [0.15, 0.2) is 12.7 Å². The summed E-state index contributed by atoms with van der Waals surface area (Å²) in [6, 6.07) is 0. The van der Waals surface area contributed by atoms with Crippen molar-refractivity contribution in [2.45, 2.75) is 32.6 Å². The first-order valence-electron chi connectivity index (χ1n) is 4.02. The average molecular weight is 156 g/mol. The molecule has 0 saturated heterocycles. The molecule has 2 nitrogen and oxygen atoms in total. The quantitative estimate of drug-likeness (QED) is 0.473. The normalized spacial score (nSPS) is 12.5. The van der Waals surface area contributed by atoms with Crippen molar-refractivity contribution in [3.63, 3.8) is 0 Å².